The molecule has 2 saturated heterocycles. The molecular formula is C14H27N3O5S. The zero-order chi connectivity index (χ0) is 16.7. The van der Waals surface area contributed by atoms with Crippen LogP contribution in [-0.2, 0) is 24.3 Å². The SMILES string of the molecule is CS(=O)(=O)N(CC(=O)NCCN1CCOCC1)CC1CCCO1. The number of carbonyl (C=O) groups is 1. The third kappa shape index (κ3) is 6.72. The van der Waals surface area contributed by atoms with Crippen molar-refractivity contribution in [2.24, 2.45) is 0 Å². The summed E-state index contributed by atoms with van der Waals surface area (Å²) in [7, 11) is -3.43. The summed E-state index contributed by atoms with van der Waals surface area (Å²) in [5, 5.41) is 2.79. The quantitative estimate of drug-likeness (QED) is 0.597. The number of ether oxygens (including phenoxy) is 2. The molecule has 0 aromatic carbocycles. The number of hydrogen-bond donors (Lipinski definition) is 1. The van der Waals surface area contributed by atoms with E-state index in [1.54, 1.807) is 0 Å². The van der Waals surface area contributed by atoms with E-state index < -0.39 is 10.0 Å². The van der Waals surface area contributed by atoms with E-state index in [0.717, 1.165) is 51.9 Å². The third-order valence-electron chi connectivity index (χ3n) is 4.07. The first-order valence-electron chi connectivity index (χ1n) is 8.08. The van der Waals surface area contributed by atoms with Crippen LogP contribution in [0.15, 0.2) is 0 Å². The topological polar surface area (TPSA) is 88.2 Å². The summed E-state index contributed by atoms with van der Waals surface area (Å²) in [6, 6.07) is 0. The molecule has 0 radical (unpaired) electrons. The van der Waals surface area contributed by atoms with Crippen LogP contribution in [0.3, 0.4) is 0 Å². The molecule has 8 nitrogen and oxygen atoms in total. The minimum atomic E-state index is -3.43. The highest BCUT2D eigenvalue weighted by Gasteiger charge is 2.26. The van der Waals surface area contributed by atoms with Crippen LogP contribution >= 0.6 is 0 Å². The average Bonchev–Trinajstić information content (AvgIpc) is 3.00. The van der Waals surface area contributed by atoms with Gasteiger partial charge in [0.2, 0.25) is 15.9 Å². The van der Waals surface area contributed by atoms with Crippen molar-refractivity contribution in [1.29, 1.82) is 0 Å². The molecule has 2 fully saturated rings. The Balaban J connectivity index is 1.73. The molecule has 2 aliphatic rings. The number of carbonyl (C=O) groups excluding carboxylic acids is 1. The van der Waals surface area contributed by atoms with E-state index in [0.29, 0.717) is 13.2 Å². The van der Waals surface area contributed by atoms with Gasteiger partial charge in [-0.05, 0) is 12.8 Å². The lowest BCUT2D eigenvalue weighted by molar-refractivity contribution is -0.121. The Bertz CT molecular complexity index is 473. The molecule has 1 amide bonds. The average molecular weight is 349 g/mol. The van der Waals surface area contributed by atoms with Crippen LogP contribution in [0.25, 0.3) is 0 Å². The number of sulfonamides is 1. The molecule has 2 rings (SSSR count). The van der Waals surface area contributed by atoms with E-state index in [1.165, 1.54) is 4.31 Å². The van der Waals surface area contributed by atoms with Crippen LogP contribution < -0.4 is 5.32 Å². The Labute approximate surface area is 138 Å². The second kappa shape index (κ2) is 8.93. The Kier molecular flexibility index (Phi) is 7.22. The van der Waals surface area contributed by atoms with Crippen molar-refractivity contribution >= 4 is 15.9 Å². The van der Waals surface area contributed by atoms with E-state index >= 15 is 0 Å². The zero-order valence-electron chi connectivity index (χ0n) is 13.7. The Morgan fingerprint density at radius 3 is 2.65 bits per heavy atom. The van der Waals surface area contributed by atoms with Crippen LogP contribution in [-0.4, -0.2) is 95.0 Å². The van der Waals surface area contributed by atoms with E-state index in [4.69, 9.17) is 9.47 Å². The number of amides is 1. The summed E-state index contributed by atoms with van der Waals surface area (Å²) >= 11 is 0. The second-order valence-electron chi connectivity index (χ2n) is 5.99. The molecule has 0 aliphatic carbocycles. The van der Waals surface area contributed by atoms with E-state index in [9.17, 15) is 13.2 Å². The molecule has 1 atom stereocenters. The normalized spacial score (nSPS) is 23.3. The fraction of sp³-hybridized carbons (Fsp3) is 0.929. The largest absolute Gasteiger partial charge is 0.379 e. The van der Waals surface area contributed by atoms with Crippen molar-refractivity contribution in [3.05, 3.63) is 0 Å². The minimum absolute atomic E-state index is 0.106. The Hall–Kier alpha value is -0.740. The summed E-state index contributed by atoms with van der Waals surface area (Å²) in [5.41, 5.74) is 0. The molecule has 9 heteroatoms. The first-order valence-corrected chi connectivity index (χ1v) is 9.93. The molecular weight excluding hydrogens is 322 g/mol. The lowest BCUT2D eigenvalue weighted by Crippen LogP contribution is -2.46. The van der Waals surface area contributed by atoms with Crippen LogP contribution in [0.2, 0.25) is 0 Å². The smallest absolute Gasteiger partial charge is 0.235 e. The summed E-state index contributed by atoms with van der Waals surface area (Å²) in [6.45, 7) is 5.19. The summed E-state index contributed by atoms with van der Waals surface area (Å²) < 4.78 is 35.6. The molecule has 0 bridgehead atoms. The molecule has 0 spiro atoms. The van der Waals surface area contributed by atoms with Crippen molar-refractivity contribution in [3.63, 3.8) is 0 Å². The maximum Gasteiger partial charge on any atom is 0.235 e. The van der Waals surface area contributed by atoms with Gasteiger partial charge in [0.15, 0.2) is 0 Å². The van der Waals surface area contributed by atoms with Crippen molar-refractivity contribution in [3.8, 4) is 0 Å². The molecule has 0 aromatic heterocycles. The fourth-order valence-electron chi connectivity index (χ4n) is 2.73. The number of morpholine rings is 1. The minimum Gasteiger partial charge on any atom is -0.379 e. The highest BCUT2D eigenvalue weighted by molar-refractivity contribution is 7.88. The van der Waals surface area contributed by atoms with Crippen LogP contribution in [0.4, 0.5) is 0 Å². The van der Waals surface area contributed by atoms with Gasteiger partial charge in [-0.25, -0.2) is 8.42 Å². The molecule has 1 unspecified atom stereocenters. The van der Waals surface area contributed by atoms with Crippen molar-refractivity contribution in [2.75, 3.05) is 65.3 Å². The lowest BCUT2D eigenvalue weighted by atomic mass is 10.2. The molecule has 0 saturated carbocycles. The molecule has 23 heavy (non-hydrogen) atoms. The molecule has 2 aliphatic heterocycles. The summed E-state index contributed by atoms with van der Waals surface area (Å²) in [5.74, 6) is -0.276. The number of rotatable bonds is 8. The maximum absolute atomic E-state index is 12.0. The van der Waals surface area contributed by atoms with Gasteiger partial charge >= 0.3 is 0 Å². The zero-order valence-corrected chi connectivity index (χ0v) is 14.5. The van der Waals surface area contributed by atoms with Gasteiger partial charge in [-0.15, -0.1) is 0 Å². The second-order valence-corrected chi connectivity index (χ2v) is 7.98. The number of nitrogens with one attached hydrogen (secondary N) is 1. The van der Waals surface area contributed by atoms with Crippen molar-refractivity contribution in [1.82, 2.24) is 14.5 Å². The van der Waals surface area contributed by atoms with E-state index in [2.05, 4.69) is 10.2 Å². The maximum atomic E-state index is 12.0. The van der Waals surface area contributed by atoms with Crippen molar-refractivity contribution < 1.29 is 22.7 Å². The first-order chi connectivity index (χ1) is 10.9. The third-order valence-corrected chi connectivity index (χ3v) is 5.29. The highest BCUT2D eigenvalue weighted by atomic mass is 32.2. The molecule has 1 N–H and O–H groups in total. The summed E-state index contributed by atoms with van der Waals surface area (Å²) in [6.07, 6.45) is 2.80. The van der Waals surface area contributed by atoms with Gasteiger partial charge in [0, 0.05) is 39.3 Å². The highest BCUT2D eigenvalue weighted by Crippen LogP contribution is 2.14. The molecule has 0 aromatic rings. The van der Waals surface area contributed by atoms with Gasteiger partial charge in [0.05, 0.1) is 32.1 Å². The van der Waals surface area contributed by atoms with Crippen LogP contribution in [0.1, 0.15) is 12.8 Å². The van der Waals surface area contributed by atoms with Gasteiger partial charge in [-0.1, -0.05) is 0 Å². The monoisotopic (exact) mass is 349 g/mol. The van der Waals surface area contributed by atoms with Crippen molar-refractivity contribution in [2.45, 2.75) is 18.9 Å². The van der Waals surface area contributed by atoms with E-state index in [-0.39, 0.29) is 25.1 Å². The van der Waals surface area contributed by atoms with Crippen LogP contribution in [0, 0.1) is 0 Å². The molecule has 2 heterocycles. The van der Waals surface area contributed by atoms with Gasteiger partial charge in [0.25, 0.3) is 0 Å². The first kappa shape index (κ1) is 18.6. The predicted octanol–water partition coefficient (Wildman–Crippen LogP) is -1.12. The fourth-order valence-corrected chi connectivity index (χ4v) is 3.52. The standard InChI is InChI=1S/C14H27N3O5S/c1-23(19,20)17(11-13-3-2-8-22-13)12-14(18)15-4-5-16-6-9-21-10-7-16/h13H,2-12H2,1H3,(H,15,18). The lowest BCUT2D eigenvalue weighted by Gasteiger charge is -2.27. The predicted molar refractivity (Wildman–Crippen MR) is 85.7 cm³/mol. The summed E-state index contributed by atoms with van der Waals surface area (Å²) in [4.78, 5) is 14.2. The van der Waals surface area contributed by atoms with Crippen LogP contribution in [0.5, 0.6) is 0 Å². The van der Waals surface area contributed by atoms with Gasteiger partial charge in [0.1, 0.15) is 0 Å². The van der Waals surface area contributed by atoms with Gasteiger partial charge in [-0.2, -0.15) is 4.31 Å². The number of nitrogens with zero attached hydrogens (tertiary/aromatic N) is 2. The number of hydrogen-bond acceptors (Lipinski definition) is 6. The molecule has 134 valence electrons. The van der Waals surface area contributed by atoms with E-state index in [1.807, 2.05) is 0 Å². The Morgan fingerprint density at radius 2 is 2.04 bits per heavy atom. The van der Waals surface area contributed by atoms with Gasteiger partial charge < -0.3 is 14.8 Å². The van der Waals surface area contributed by atoms with Gasteiger partial charge in [-0.3, -0.25) is 9.69 Å². The Morgan fingerprint density at radius 1 is 1.30 bits per heavy atom.